The molecule has 0 spiro atoms. The maximum atomic E-state index is 11.2. The molecule has 0 aliphatic heterocycles. The van der Waals surface area contributed by atoms with E-state index in [-0.39, 0.29) is 17.8 Å². The highest BCUT2D eigenvalue weighted by Gasteiger charge is 2.48. The summed E-state index contributed by atoms with van der Waals surface area (Å²) >= 11 is 0. The van der Waals surface area contributed by atoms with Gasteiger partial charge in [-0.25, -0.2) is 0 Å². The number of carbonyl (C=O) groups excluding carboxylic acids is 1. The van der Waals surface area contributed by atoms with Crippen molar-refractivity contribution < 1.29 is 13.9 Å². The molecule has 1 aromatic heterocycles. The number of carbonyl (C=O) groups is 1. The van der Waals surface area contributed by atoms with Gasteiger partial charge in [0.25, 0.3) is 0 Å². The summed E-state index contributed by atoms with van der Waals surface area (Å²) < 4.78 is 9.85. The second-order valence-electron chi connectivity index (χ2n) is 2.98. The largest absolute Gasteiger partial charge is 0.466 e. The van der Waals surface area contributed by atoms with Crippen molar-refractivity contribution in [2.75, 3.05) is 6.61 Å². The van der Waals surface area contributed by atoms with Crippen LogP contribution in [0.3, 0.4) is 0 Å². The Balaban J connectivity index is 1.92. The van der Waals surface area contributed by atoms with Gasteiger partial charge in [0.1, 0.15) is 0 Å². The van der Waals surface area contributed by atoms with Gasteiger partial charge in [0.2, 0.25) is 12.3 Å². The highest BCUT2D eigenvalue weighted by Crippen LogP contribution is 2.47. The summed E-state index contributed by atoms with van der Waals surface area (Å²) in [4.78, 5) is 11.2. The minimum Gasteiger partial charge on any atom is -0.466 e. The van der Waals surface area contributed by atoms with Gasteiger partial charge in [-0.15, -0.1) is 10.2 Å². The predicted molar refractivity (Wildman–Crippen MR) is 41.8 cm³/mol. The van der Waals surface area contributed by atoms with Crippen LogP contribution < -0.4 is 0 Å². The first-order valence-electron chi connectivity index (χ1n) is 4.25. The SMILES string of the molecule is CCOC(=O)[C@H]1C[C@H]1c1nnco1. The molecule has 0 N–H and O–H groups in total. The van der Waals surface area contributed by atoms with Crippen molar-refractivity contribution in [1.29, 1.82) is 0 Å². The Morgan fingerprint density at radius 3 is 3.31 bits per heavy atom. The molecule has 1 fully saturated rings. The van der Waals surface area contributed by atoms with E-state index < -0.39 is 0 Å². The zero-order chi connectivity index (χ0) is 9.26. The number of esters is 1. The van der Waals surface area contributed by atoms with E-state index in [1.54, 1.807) is 6.92 Å². The van der Waals surface area contributed by atoms with Gasteiger partial charge >= 0.3 is 5.97 Å². The van der Waals surface area contributed by atoms with E-state index in [4.69, 9.17) is 9.15 Å². The quantitative estimate of drug-likeness (QED) is 0.645. The first-order chi connectivity index (χ1) is 6.33. The molecular weight excluding hydrogens is 172 g/mol. The van der Waals surface area contributed by atoms with Crippen LogP contribution in [0.1, 0.15) is 25.2 Å². The summed E-state index contributed by atoms with van der Waals surface area (Å²) in [5, 5.41) is 7.30. The molecular formula is C8H10N2O3. The summed E-state index contributed by atoms with van der Waals surface area (Å²) in [6.07, 6.45) is 2.04. The van der Waals surface area contributed by atoms with Crippen LogP contribution in [0.15, 0.2) is 10.8 Å². The van der Waals surface area contributed by atoms with Crippen LogP contribution in [0.5, 0.6) is 0 Å². The van der Waals surface area contributed by atoms with E-state index in [2.05, 4.69) is 10.2 Å². The van der Waals surface area contributed by atoms with Crippen LogP contribution in [0.2, 0.25) is 0 Å². The van der Waals surface area contributed by atoms with Crippen LogP contribution >= 0.6 is 0 Å². The lowest BCUT2D eigenvalue weighted by Crippen LogP contribution is -2.07. The van der Waals surface area contributed by atoms with Crippen LogP contribution in [-0.2, 0) is 9.53 Å². The van der Waals surface area contributed by atoms with Crippen molar-refractivity contribution in [2.24, 2.45) is 5.92 Å². The highest BCUT2D eigenvalue weighted by atomic mass is 16.5. The standard InChI is InChI=1S/C8H10N2O3/c1-2-12-8(11)6-3-5(6)7-10-9-4-13-7/h4-6H,2-3H2,1H3/t5-,6+/m1/s1. The maximum Gasteiger partial charge on any atom is 0.309 e. The lowest BCUT2D eigenvalue weighted by atomic mass is 10.3. The van der Waals surface area contributed by atoms with Crippen LogP contribution in [0.25, 0.3) is 0 Å². The molecule has 1 heterocycles. The van der Waals surface area contributed by atoms with Gasteiger partial charge < -0.3 is 9.15 Å². The van der Waals surface area contributed by atoms with Gasteiger partial charge in [-0.05, 0) is 13.3 Å². The smallest absolute Gasteiger partial charge is 0.309 e. The third kappa shape index (κ3) is 1.54. The van der Waals surface area contributed by atoms with Crippen molar-refractivity contribution in [3.8, 4) is 0 Å². The van der Waals surface area contributed by atoms with E-state index in [1.165, 1.54) is 6.39 Å². The van der Waals surface area contributed by atoms with Crippen LogP contribution in [0.4, 0.5) is 0 Å². The first-order valence-corrected chi connectivity index (χ1v) is 4.25. The van der Waals surface area contributed by atoms with Crippen molar-refractivity contribution in [3.63, 3.8) is 0 Å². The number of aromatic nitrogens is 2. The molecule has 0 saturated heterocycles. The molecule has 70 valence electrons. The fourth-order valence-corrected chi connectivity index (χ4v) is 1.32. The number of hydrogen-bond acceptors (Lipinski definition) is 5. The number of nitrogens with zero attached hydrogens (tertiary/aromatic N) is 2. The highest BCUT2D eigenvalue weighted by molar-refractivity contribution is 5.76. The zero-order valence-corrected chi connectivity index (χ0v) is 7.27. The molecule has 0 amide bonds. The molecule has 1 aliphatic carbocycles. The van der Waals surface area contributed by atoms with Gasteiger partial charge in [-0.3, -0.25) is 4.79 Å². The summed E-state index contributed by atoms with van der Waals surface area (Å²) in [6, 6.07) is 0. The molecule has 0 unspecified atom stereocenters. The third-order valence-corrected chi connectivity index (χ3v) is 2.07. The molecule has 2 rings (SSSR count). The summed E-state index contributed by atoms with van der Waals surface area (Å²) in [5.41, 5.74) is 0. The average molecular weight is 182 g/mol. The Bertz CT molecular complexity index is 296. The van der Waals surface area contributed by atoms with Gasteiger partial charge in [-0.2, -0.15) is 0 Å². The Morgan fingerprint density at radius 2 is 2.69 bits per heavy atom. The Kier molecular flexibility index (Phi) is 2.00. The molecule has 0 aromatic carbocycles. The van der Waals surface area contributed by atoms with E-state index in [1.807, 2.05) is 0 Å². The van der Waals surface area contributed by atoms with E-state index in [9.17, 15) is 4.79 Å². The summed E-state index contributed by atoms with van der Waals surface area (Å²) in [5.74, 6) is 0.394. The van der Waals surface area contributed by atoms with Crippen molar-refractivity contribution in [2.45, 2.75) is 19.3 Å². The lowest BCUT2D eigenvalue weighted by molar-refractivity contribution is -0.144. The Labute approximate surface area is 75.1 Å². The average Bonchev–Trinajstić information content (AvgIpc) is 2.74. The first kappa shape index (κ1) is 8.22. The second-order valence-corrected chi connectivity index (χ2v) is 2.98. The molecule has 2 atom stereocenters. The Morgan fingerprint density at radius 1 is 1.85 bits per heavy atom. The molecule has 0 bridgehead atoms. The van der Waals surface area contributed by atoms with Gasteiger partial charge in [0.05, 0.1) is 18.4 Å². The fraction of sp³-hybridized carbons (Fsp3) is 0.625. The molecule has 1 aliphatic rings. The normalized spacial score (nSPS) is 25.6. The minimum atomic E-state index is -0.161. The Hall–Kier alpha value is -1.39. The predicted octanol–water partition coefficient (Wildman–Crippen LogP) is 0.736. The molecule has 5 nitrogen and oxygen atoms in total. The van der Waals surface area contributed by atoms with Gasteiger partial charge in [0.15, 0.2) is 0 Å². The molecule has 1 aromatic rings. The van der Waals surface area contributed by atoms with Crippen molar-refractivity contribution in [3.05, 3.63) is 12.3 Å². The summed E-state index contributed by atoms with van der Waals surface area (Å²) in [7, 11) is 0. The van der Waals surface area contributed by atoms with Crippen molar-refractivity contribution >= 4 is 5.97 Å². The fourth-order valence-electron chi connectivity index (χ4n) is 1.32. The number of hydrogen-bond donors (Lipinski definition) is 0. The lowest BCUT2D eigenvalue weighted by Gasteiger charge is -1.97. The maximum absolute atomic E-state index is 11.2. The third-order valence-electron chi connectivity index (χ3n) is 2.07. The summed E-state index contributed by atoms with van der Waals surface area (Å²) in [6.45, 7) is 2.22. The monoisotopic (exact) mass is 182 g/mol. The second kappa shape index (κ2) is 3.16. The van der Waals surface area contributed by atoms with E-state index in [0.29, 0.717) is 12.5 Å². The zero-order valence-electron chi connectivity index (χ0n) is 7.27. The number of rotatable bonds is 3. The number of ether oxygens (including phenoxy) is 1. The minimum absolute atomic E-state index is 0.0691. The molecule has 5 heteroatoms. The van der Waals surface area contributed by atoms with Crippen LogP contribution in [0, 0.1) is 5.92 Å². The molecule has 0 radical (unpaired) electrons. The van der Waals surface area contributed by atoms with Gasteiger partial charge in [0, 0.05) is 0 Å². The van der Waals surface area contributed by atoms with E-state index >= 15 is 0 Å². The van der Waals surface area contributed by atoms with Crippen molar-refractivity contribution in [1.82, 2.24) is 10.2 Å². The van der Waals surface area contributed by atoms with E-state index in [0.717, 1.165) is 6.42 Å². The topological polar surface area (TPSA) is 65.2 Å². The molecule has 1 saturated carbocycles. The van der Waals surface area contributed by atoms with Crippen LogP contribution in [-0.4, -0.2) is 22.8 Å². The van der Waals surface area contributed by atoms with Gasteiger partial charge in [-0.1, -0.05) is 0 Å². The molecule has 13 heavy (non-hydrogen) atoms.